The normalized spacial score (nSPS) is 17.1. The van der Waals surface area contributed by atoms with Crippen LogP contribution in [0.1, 0.15) is 51.3 Å². The molecular formula is C19H30N6. The van der Waals surface area contributed by atoms with Crippen LogP contribution in [0.15, 0.2) is 29.4 Å². The number of rotatable bonds is 7. The molecule has 25 heavy (non-hydrogen) atoms. The first-order valence-electron chi connectivity index (χ1n) is 9.49. The molecule has 0 aromatic carbocycles. The van der Waals surface area contributed by atoms with Crippen molar-refractivity contribution < 1.29 is 0 Å². The summed E-state index contributed by atoms with van der Waals surface area (Å²) in [6.07, 6.45) is 10.6. The molecule has 3 rings (SSSR count). The van der Waals surface area contributed by atoms with Crippen molar-refractivity contribution in [1.82, 2.24) is 25.2 Å². The molecule has 6 heteroatoms. The molecule has 0 aliphatic heterocycles. The van der Waals surface area contributed by atoms with Crippen LogP contribution in [0, 0.1) is 5.41 Å². The number of aromatic nitrogens is 3. The van der Waals surface area contributed by atoms with Gasteiger partial charge < -0.3 is 10.6 Å². The van der Waals surface area contributed by atoms with Crippen LogP contribution in [-0.2, 0) is 6.42 Å². The van der Waals surface area contributed by atoms with E-state index in [4.69, 9.17) is 0 Å². The van der Waals surface area contributed by atoms with Gasteiger partial charge in [0.05, 0.1) is 0 Å². The summed E-state index contributed by atoms with van der Waals surface area (Å²) in [6.45, 7) is 4.21. The predicted octanol–water partition coefficient (Wildman–Crippen LogP) is 2.80. The summed E-state index contributed by atoms with van der Waals surface area (Å²) in [6, 6.07) is 5.97. The number of aryl methyl sites for hydroxylation is 1. The third-order valence-corrected chi connectivity index (χ3v) is 5.52. The molecular weight excluding hydrogens is 312 g/mol. The van der Waals surface area contributed by atoms with Gasteiger partial charge in [0.25, 0.3) is 0 Å². The Labute approximate surface area is 150 Å². The minimum atomic E-state index is 0.470. The molecule has 0 bridgehead atoms. The molecule has 0 radical (unpaired) electrons. The average Bonchev–Trinajstić information content (AvgIpc) is 3.29. The SMILES string of the molecule is CCC1(CNC(=NC)NCCCc2nnc3ccccn23)CCCC1. The highest BCUT2D eigenvalue weighted by Crippen LogP contribution is 2.40. The van der Waals surface area contributed by atoms with Gasteiger partial charge in [0.2, 0.25) is 0 Å². The molecule has 6 nitrogen and oxygen atoms in total. The van der Waals surface area contributed by atoms with Gasteiger partial charge in [-0.3, -0.25) is 9.39 Å². The number of nitrogens with one attached hydrogen (secondary N) is 2. The number of fused-ring (bicyclic) bond motifs is 1. The van der Waals surface area contributed by atoms with Crippen molar-refractivity contribution in [3.05, 3.63) is 30.2 Å². The molecule has 0 spiro atoms. The molecule has 1 saturated carbocycles. The Balaban J connectivity index is 1.42. The van der Waals surface area contributed by atoms with Gasteiger partial charge >= 0.3 is 0 Å². The fraction of sp³-hybridized carbons (Fsp3) is 0.632. The zero-order chi connectivity index (χ0) is 17.5. The second-order valence-electron chi connectivity index (χ2n) is 7.06. The van der Waals surface area contributed by atoms with Crippen LogP contribution in [0.3, 0.4) is 0 Å². The second kappa shape index (κ2) is 8.32. The zero-order valence-electron chi connectivity index (χ0n) is 15.5. The van der Waals surface area contributed by atoms with Gasteiger partial charge in [-0.05, 0) is 43.2 Å². The summed E-state index contributed by atoms with van der Waals surface area (Å²) in [5.41, 5.74) is 1.38. The largest absolute Gasteiger partial charge is 0.356 e. The van der Waals surface area contributed by atoms with E-state index in [0.29, 0.717) is 5.41 Å². The molecule has 2 aromatic heterocycles. The van der Waals surface area contributed by atoms with Crippen LogP contribution < -0.4 is 10.6 Å². The van der Waals surface area contributed by atoms with Gasteiger partial charge in [-0.25, -0.2) is 0 Å². The molecule has 2 heterocycles. The molecule has 0 amide bonds. The molecule has 1 aliphatic carbocycles. The Morgan fingerprint density at radius 2 is 2.08 bits per heavy atom. The van der Waals surface area contributed by atoms with E-state index in [-0.39, 0.29) is 0 Å². The Morgan fingerprint density at radius 3 is 2.84 bits per heavy atom. The summed E-state index contributed by atoms with van der Waals surface area (Å²) < 4.78 is 2.05. The van der Waals surface area contributed by atoms with Crippen LogP contribution >= 0.6 is 0 Å². The third kappa shape index (κ3) is 4.30. The van der Waals surface area contributed by atoms with Crippen LogP contribution in [0.2, 0.25) is 0 Å². The average molecular weight is 342 g/mol. The maximum Gasteiger partial charge on any atom is 0.190 e. The van der Waals surface area contributed by atoms with Gasteiger partial charge in [0.15, 0.2) is 11.6 Å². The van der Waals surface area contributed by atoms with Gasteiger partial charge in [0.1, 0.15) is 5.82 Å². The lowest BCUT2D eigenvalue weighted by Gasteiger charge is -2.28. The van der Waals surface area contributed by atoms with Gasteiger partial charge in [-0.2, -0.15) is 0 Å². The number of hydrogen-bond acceptors (Lipinski definition) is 3. The van der Waals surface area contributed by atoms with Crippen molar-refractivity contribution in [3.63, 3.8) is 0 Å². The zero-order valence-corrected chi connectivity index (χ0v) is 15.5. The lowest BCUT2D eigenvalue weighted by molar-refractivity contribution is 0.283. The summed E-state index contributed by atoms with van der Waals surface area (Å²) in [7, 11) is 1.84. The summed E-state index contributed by atoms with van der Waals surface area (Å²) in [4.78, 5) is 4.36. The highest BCUT2D eigenvalue weighted by Gasteiger charge is 2.31. The van der Waals surface area contributed by atoms with Crippen LogP contribution in [0.5, 0.6) is 0 Å². The highest BCUT2D eigenvalue weighted by molar-refractivity contribution is 5.79. The van der Waals surface area contributed by atoms with Crippen molar-refractivity contribution in [2.45, 2.75) is 51.9 Å². The quantitative estimate of drug-likeness (QED) is 0.461. The highest BCUT2D eigenvalue weighted by atomic mass is 15.2. The number of aliphatic imine (C=N–C) groups is 1. The molecule has 0 atom stereocenters. The molecule has 1 aliphatic rings. The summed E-state index contributed by atoms with van der Waals surface area (Å²) in [5, 5.41) is 15.4. The number of nitrogens with zero attached hydrogens (tertiary/aromatic N) is 4. The standard InChI is InChI=1S/C19H30N6/c1-3-19(11-5-6-12-19)15-22-18(20-2)21-13-8-10-17-24-23-16-9-4-7-14-25(16)17/h4,7,9,14H,3,5-6,8,10-13,15H2,1-2H3,(H2,20,21,22). The first kappa shape index (κ1) is 17.7. The number of hydrogen-bond donors (Lipinski definition) is 2. The minimum absolute atomic E-state index is 0.470. The van der Waals surface area contributed by atoms with E-state index in [9.17, 15) is 0 Å². The Kier molecular flexibility index (Phi) is 5.89. The van der Waals surface area contributed by atoms with E-state index >= 15 is 0 Å². The van der Waals surface area contributed by atoms with Crippen LogP contribution in [0.4, 0.5) is 0 Å². The molecule has 2 N–H and O–H groups in total. The van der Waals surface area contributed by atoms with Crippen molar-refractivity contribution in [1.29, 1.82) is 0 Å². The van der Waals surface area contributed by atoms with Crippen molar-refractivity contribution in [2.24, 2.45) is 10.4 Å². The molecule has 136 valence electrons. The van der Waals surface area contributed by atoms with Crippen molar-refractivity contribution >= 4 is 11.6 Å². The minimum Gasteiger partial charge on any atom is -0.356 e. The smallest absolute Gasteiger partial charge is 0.190 e. The summed E-state index contributed by atoms with van der Waals surface area (Å²) >= 11 is 0. The van der Waals surface area contributed by atoms with Crippen molar-refractivity contribution in [3.8, 4) is 0 Å². The monoisotopic (exact) mass is 342 g/mol. The molecule has 2 aromatic rings. The fourth-order valence-electron chi connectivity index (χ4n) is 3.79. The van der Waals surface area contributed by atoms with Crippen LogP contribution in [-0.4, -0.2) is 40.7 Å². The fourth-order valence-corrected chi connectivity index (χ4v) is 3.79. The Morgan fingerprint density at radius 1 is 1.24 bits per heavy atom. The topological polar surface area (TPSA) is 66.6 Å². The van der Waals surface area contributed by atoms with Crippen molar-refractivity contribution in [2.75, 3.05) is 20.1 Å². The molecule has 0 saturated heterocycles. The van der Waals surface area contributed by atoms with Gasteiger partial charge in [0, 0.05) is 32.8 Å². The maximum absolute atomic E-state index is 4.36. The van der Waals surface area contributed by atoms with Crippen LogP contribution in [0.25, 0.3) is 5.65 Å². The lowest BCUT2D eigenvalue weighted by Crippen LogP contribution is -2.43. The Hall–Kier alpha value is -2.11. The van der Waals surface area contributed by atoms with E-state index in [1.54, 1.807) is 0 Å². The van der Waals surface area contributed by atoms with Gasteiger partial charge in [-0.1, -0.05) is 25.8 Å². The van der Waals surface area contributed by atoms with E-state index in [1.165, 1.54) is 32.1 Å². The number of pyridine rings is 1. The van der Waals surface area contributed by atoms with E-state index in [0.717, 1.165) is 43.4 Å². The molecule has 0 unspecified atom stereocenters. The first-order valence-corrected chi connectivity index (χ1v) is 9.49. The second-order valence-corrected chi connectivity index (χ2v) is 7.06. The molecule has 1 fully saturated rings. The van der Waals surface area contributed by atoms with E-state index in [1.807, 2.05) is 31.4 Å². The maximum atomic E-state index is 4.36. The first-order chi connectivity index (χ1) is 12.3. The van der Waals surface area contributed by atoms with E-state index < -0.39 is 0 Å². The lowest BCUT2D eigenvalue weighted by atomic mass is 9.83. The Bertz CT molecular complexity index is 699. The third-order valence-electron chi connectivity index (χ3n) is 5.52. The predicted molar refractivity (Wildman–Crippen MR) is 102 cm³/mol. The van der Waals surface area contributed by atoms with Gasteiger partial charge in [-0.15, -0.1) is 10.2 Å². The number of guanidine groups is 1. The van der Waals surface area contributed by atoms with E-state index in [2.05, 4.69) is 37.1 Å². The summed E-state index contributed by atoms with van der Waals surface area (Å²) in [5.74, 6) is 1.92.